The molecule has 0 aliphatic carbocycles. The molecular formula is C14H20ClN3O3. The van der Waals surface area contributed by atoms with Gasteiger partial charge in [-0.05, 0) is 26.0 Å². The second kappa shape index (κ2) is 6.17. The second-order valence-electron chi connectivity index (χ2n) is 5.97. The number of nitro groups is 1. The molecule has 1 saturated heterocycles. The minimum Gasteiger partial charge on any atom is -0.389 e. The lowest BCUT2D eigenvalue weighted by molar-refractivity contribution is -0.384. The van der Waals surface area contributed by atoms with Gasteiger partial charge in [-0.25, -0.2) is 0 Å². The zero-order valence-electron chi connectivity index (χ0n) is 12.3. The maximum atomic E-state index is 11.1. The average Bonchev–Trinajstić information content (AvgIpc) is 2.37. The fourth-order valence-electron chi connectivity index (χ4n) is 2.60. The highest BCUT2D eigenvalue weighted by Gasteiger charge is 2.26. The van der Waals surface area contributed by atoms with Gasteiger partial charge in [0.1, 0.15) is 5.69 Å². The molecule has 116 valence electrons. The molecule has 1 fully saturated rings. The van der Waals surface area contributed by atoms with Crippen LogP contribution in [0.25, 0.3) is 0 Å². The van der Waals surface area contributed by atoms with Crippen LogP contribution in [0.2, 0.25) is 5.02 Å². The Hall–Kier alpha value is -1.37. The molecular weight excluding hydrogens is 294 g/mol. The molecule has 1 heterocycles. The van der Waals surface area contributed by atoms with E-state index in [4.69, 9.17) is 11.6 Å². The molecule has 7 heteroatoms. The highest BCUT2D eigenvalue weighted by atomic mass is 35.5. The summed E-state index contributed by atoms with van der Waals surface area (Å²) in [6.45, 7) is 7.02. The summed E-state index contributed by atoms with van der Waals surface area (Å²) in [7, 11) is 0. The predicted octanol–water partition coefficient (Wildman–Crippen LogP) is 2.14. The number of benzene rings is 1. The number of nitro benzene ring substituents is 1. The van der Waals surface area contributed by atoms with E-state index in [0.29, 0.717) is 30.3 Å². The van der Waals surface area contributed by atoms with E-state index in [-0.39, 0.29) is 10.6 Å². The van der Waals surface area contributed by atoms with Gasteiger partial charge in [-0.3, -0.25) is 15.0 Å². The molecule has 0 bridgehead atoms. The first-order chi connectivity index (χ1) is 9.76. The molecule has 0 radical (unpaired) electrons. The maximum absolute atomic E-state index is 11.1. The SMILES string of the molecule is CC(C)(O)CN1CCN(c2cc(Cl)ccc2[N+](=O)[O-])CC1. The number of anilines is 1. The molecule has 0 atom stereocenters. The Balaban J connectivity index is 2.09. The smallest absolute Gasteiger partial charge is 0.292 e. The summed E-state index contributed by atoms with van der Waals surface area (Å²) in [5.74, 6) is 0. The van der Waals surface area contributed by atoms with E-state index >= 15 is 0 Å². The van der Waals surface area contributed by atoms with Gasteiger partial charge < -0.3 is 10.0 Å². The second-order valence-corrected chi connectivity index (χ2v) is 6.40. The van der Waals surface area contributed by atoms with Crippen LogP contribution in [0.3, 0.4) is 0 Å². The van der Waals surface area contributed by atoms with Crippen molar-refractivity contribution >= 4 is 23.0 Å². The molecule has 0 aromatic heterocycles. The Morgan fingerprint density at radius 1 is 1.33 bits per heavy atom. The maximum Gasteiger partial charge on any atom is 0.292 e. The van der Waals surface area contributed by atoms with Crippen LogP contribution < -0.4 is 4.90 Å². The molecule has 6 nitrogen and oxygen atoms in total. The van der Waals surface area contributed by atoms with Crippen molar-refractivity contribution in [2.24, 2.45) is 0 Å². The van der Waals surface area contributed by atoms with Crippen LogP contribution in [0.5, 0.6) is 0 Å². The Bertz CT molecular complexity index is 523. The van der Waals surface area contributed by atoms with Crippen molar-refractivity contribution in [3.8, 4) is 0 Å². The summed E-state index contributed by atoms with van der Waals surface area (Å²) >= 11 is 5.96. The Kier molecular flexibility index (Phi) is 4.70. The molecule has 1 aromatic carbocycles. The van der Waals surface area contributed by atoms with Crippen molar-refractivity contribution in [1.82, 2.24) is 4.90 Å². The summed E-state index contributed by atoms with van der Waals surface area (Å²) in [5.41, 5.74) is -0.0877. The molecule has 21 heavy (non-hydrogen) atoms. The highest BCUT2D eigenvalue weighted by molar-refractivity contribution is 6.31. The van der Waals surface area contributed by atoms with Crippen molar-refractivity contribution < 1.29 is 10.0 Å². The first kappa shape index (κ1) is 16.0. The lowest BCUT2D eigenvalue weighted by Crippen LogP contribution is -2.50. The lowest BCUT2D eigenvalue weighted by Gasteiger charge is -2.38. The van der Waals surface area contributed by atoms with E-state index in [9.17, 15) is 15.2 Å². The molecule has 1 aliphatic heterocycles. The number of piperazine rings is 1. The first-order valence-corrected chi connectivity index (χ1v) is 7.28. The third-order valence-electron chi connectivity index (χ3n) is 3.46. The topological polar surface area (TPSA) is 69.8 Å². The molecule has 1 aliphatic rings. The van der Waals surface area contributed by atoms with E-state index in [1.54, 1.807) is 19.9 Å². The van der Waals surface area contributed by atoms with Gasteiger partial charge in [-0.1, -0.05) is 11.6 Å². The van der Waals surface area contributed by atoms with Crippen molar-refractivity contribution in [2.75, 3.05) is 37.6 Å². The first-order valence-electron chi connectivity index (χ1n) is 6.90. The van der Waals surface area contributed by atoms with Gasteiger partial charge in [0.2, 0.25) is 0 Å². The largest absolute Gasteiger partial charge is 0.389 e. The van der Waals surface area contributed by atoms with E-state index in [1.807, 2.05) is 4.90 Å². The van der Waals surface area contributed by atoms with Crippen LogP contribution in [0, 0.1) is 10.1 Å². The summed E-state index contributed by atoms with van der Waals surface area (Å²) in [6, 6.07) is 4.62. The zero-order valence-corrected chi connectivity index (χ0v) is 13.0. The van der Waals surface area contributed by atoms with Crippen LogP contribution in [0.1, 0.15) is 13.8 Å². The van der Waals surface area contributed by atoms with E-state index in [2.05, 4.69) is 4.90 Å². The predicted molar refractivity (Wildman–Crippen MR) is 83.1 cm³/mol. The lowest BCUT2D eigenvalue weighted by atomic mass is 10.1. The van der Waals surface area contributed by atoms with Crippen LogP contribution >= 0.6 is 11.6 Å². The van der Waals surface area contributed by atoms with Gasteiger partial charge in [0.15, 0.2) is 0 Å². The molecule has 1 aromatic rings. The number of hydrogen-bond donors (Lipinski definition) is 1. The zero-order chi connectivity index (χ0) is 15.6. The minimum absolute atomic E-state index is 0.0790. The van der Waals surface area contributed by atoms with Crippen LogP contribution in [-0.2, 0) is 0 Å². The van der Waals surface area contributed by atoms with Crippen LogP contribution in [0.4, 0.5) is 11.4 Å². The molecule has 2 rings (SSSR count). The van der Waals surface area contributed by atoms with Crippen molar-refractivity contribution in [2.45, 2.75) is 19.4 Å². The van der Waals surface area contributed by atoms with Gasteiger partial charge in [0.05, 0.1) is 10.5 Å². The van der Waals surface area contributed by atoms with E-state index < -0.39 is 5.60 Å². The highest BCUT2D eigenvalue weighted by Crippen LogP contribution is 2.31. The summed E-state index contributed by atoms with van der Waals surface area (Å²) in [5, 5.41) is 21.5. The summed E-state index contributed by atoms with van der Waals surface area (Å²) in [4.78, 5) is 14.9. The van der Waals surface area contributed by atoms with Gasteiger partial charge in [0.25, 0.3) is 5.69 Å². The van der Waals surface area contributed by atoms with Gasteiger partial charge in [-0.15, -0.1) is 0 Å². The number of nitrogens with zero attached hydrogens (tertiary/aromatic N) is 3. The van der Waals surface area contributed by atoms with E-state index in [1.165, 1.54) is 12.1 Å². The Morgan fingerprint density at radius 2 is 1.95 bits per heavy atom. The van der Waals surface area contributed by atoms with E-state index in [0.717, 1.165) is 13.1 Å². The number of halogens is 1. The average molecular weight is 314 g/mol. The summed E-state index contributed by atoms with van der Waals surface area (Å²) in [6.07, 6.45) is 0. The minimum atomic E-state index is -0.732. The normalized spacial score (nSPS) is 17.0. The Labute approximate surface area is 129 Å². The fourth-order valence-corrected chi connectivity index (χ4v) is 2.76. The third-order valence-corrected chi connectivity index (χ3v) is 3.69. The Morgan fingerprint density at radius 3 is 2.48 bits per heavy atom. The van der Waals surface area contributed by atoms with Gasteiger partial charge >= 0.3 is 0 Å². The number of hydrogen-bond acceptors (Lipinski definition) is 5. The molecule has 0 unspecified atom stereocenters. The van der Waals surface area contributed by atoms with Gasteiger partial charge in [-0.2, -0.15) is 0 Å². The molecule has 0 spiro atoms. The molecule has 0 saturated carbocycles. The van der Waals surface area contributed by atoms with Gasteiger partial charge in [0, 0.05) is 43.8 Å². The number of aliphatic hydroxyl groups is 1. The van der Waals surface area contributed by atoms with Crippen LogP contribution in [-0.4, -0.2) is 53.3 Å². The monoisotopic (exact) mass is 313 g/mol. The number of rotatable bonds is 4. The van der Waals surface area contributed by atoms with Crippen LogP contribution in [0.15, 0.2) is 18.2 Å². The third kappa shape index (κ3) is 4.30. The fraction of sp³-hybridized carbons (Fsp3) is 0.571. The van der Waals surface area contributed by atoms with Crippen molar-refractivity contribution in [3.05, 3.63) is 33.3 Å². The molecule has 0 amide bonds. The number of β-amino-alcohol motifs (C(OH)–C–C–N with tert-alkyl or cyclic N) is 1. The van der Waals surface area contributed by atoms with Crippen molar-refractivity contribution in [1.29, 1.82) is 0 Å². The molecule has 1 N–H and O–H groups in total. The quantitative estimate of drug-likeness (QED) is 0.681. The summed E-state index contributed by atoms with van der Waals surface area (Å²) < 4.78 is 0. The van der Waals surface area contributed by atoms with Crippen molar-refractivity contribution in [3.63, 3.8) is 0 Å². The standard InChI is InChI=1S/C14H20ClN3O3/c1-14(2,19)10-16-5-7-17(8-6-16)13-9-11(15)3-4-12(13)18(20)21/h3-4,9,19H,5-8,10H2,1-2H3.